The molecule has 0 aliphatic rings. The lowest BCUT2D eigenvalue weighted by Gasteiger charge is -2.14. The van der Waals surface area contributed by atoms with Gasteiger partial charge in [-0.3, -0.25) is 9.52 Å². The Kier molecular flexibility index (Phi) is 5.66. The number of aryl methyl sites for hydroxylation is 1. The zero-order valence-corrected chi connectivity index (χ0v) is 16.7. The molecule has 0 fully saturated rings. The molecule has 0 saturated carbocycles. The van der Waals surface area contributed by atoms with Gasteiger partial charge < -0.3 is 10.1 Å². The van der Waals surface area contributed by atoms with Crippen LogP contribution in [0.2, 0.25) is 0 Å². The first kappa shape index (κ1) is 19.8. The standard InChI is InChI=1S/C19H17FN2O4S2/c1-12-3-10-18(27-12)19(23)21-14-6-9-17(26-2)16(11-14)22-28(24,25)15-7-4-13(20)5-8-15/h3-11,22H,1-2H3,(H,21,23). The summed E-state index contributed by atoms with van der Waals surface area (Å²) in [7, 11) is -2.56. The Labute approximate surface area is 166 Å². The molecule has 1 amide bonds. The lowest BCUT2D eigenvalue weighted by Crippen LogP contribution is -2.15. The molecule has 6 nitrogen and oxygen atoms in total. The quantitative estimate of drug-likeness (QED) is 0.624. The minimum Gasteiger partial charge on any atom is -0.495 e. The minimum absolute atomic E-state index is 0.0977. The Hall–Kier alpha value is -2.91. The second-order valence-corrected chi connectivity index (χ2v) is 8.81. The fourth-order valence-corrected chi connectivity index (χ4v) is 4.26. The Morgan fingerprint density at radius 2 is 1.79 bits per heavy atom. The second-order valence-electron chi connectivity index (χ2n) is 5.84. The highest BCUT2D eigenvalue weighted by molar-refractivity contribution is 7.92. The molecular formula is C19H17FN2O4S2. The average molecular weight is 420 g/mol. The third-order valence-electron chi connectivity index (χ3n) is 3.79. The molecule has 3 rings (SSSR count). The predicted molar refractivity (Wildman–Crippen MR) is 107 cm³/mol. The predicted octanol–water partition coefficient (Wildman–Crippen LogP) is 4.26. The summed E-state index contributed by atoms with van der Waals surface area (Å²) in [6, 6.07) is 12.6. The van der Waals surface area contributed by atoms with E-state index in [0.29, 0.717) is 10.6 Å². The molecule has 0 bridgehead atoms. The zero-order chi connectivity index (χ0) is 20.3. The highest BCUT2D eigenvalue weighted by atomic mass is 32.2. The number of methoxy groups -OCH3 is 1. The topological polar surface area (TPSA) is 84.5 Å². The van der Waals surface area contributed by atoms with Crippen molar-refractivity contribution < 1.29 is 22.3 Å². The SMILES string of the molecule is COc1ccc(NC(=O)c2ccc(C)s2)cc1NS(=O)(=O)c1ccc(F)cc1. The van der Waals surface area contributed by atoms with Crippen LogP contribution in [-0.2, 0) is 10.0 Å². The largest absolute Gasteiger partial charge is 0.495 e. The number of thiophene rings is 1. The van der Waals surface area contributed by atoms with E-state index in [1.165, 1.54) is 30.6 Å². The van der Waals surface area contributed by atoms with Gasteiger partial charge in [0, 0.05) is 10.6 Å². The number of carbonyl (C=O) groups is 1. The van der Waals surface area contributed by atoms with E-state index in [4.69, 9.17) is 4.74 Å². The summed E-state index contributed by atoms with van der Waals surface area (Å²) in [5.41, 5.74) is 0.542. The number of halogens is 1. The minimum atomic E-state index is -3.96. The van der Waals surface area contributed by atoms with Gasteiger partial charge in [0.15, 0.2) is 0 Å². The molecule has 0 aliphatic heterocycles. The fourth-order valence-electron chi connectivity index (χ4n) is 2.43. The van der Waals surface area contributed by atoms with Gasteiger partial charge in [0.2, 0.25) is 0 Å². The smallest absolute Gasteiger partial charge is 0.265 e. The fraction of sp³-hybridized carbons (Fsp3) is 0.105. The van der Waals surface area contributed by atoms with E-state index in [1.54, 1.807) is 12.1 Å². The second kappa shape index (κ2) is 7.99. The van der Waals surface area contributed by atoms with Gasteiger partial charge in [0.05, 0.1) is 22.6 Å². The molecule has 1 heterocycles. The van der Waals surface area contributed by atoms with Crippen LogP contribution in [0.15, 0.2) is 59.5 Å². The summed E-state index contributed by atoms with van der Waals surface area (Å²) in [5.74, 6) is -0.559. The maximum Gasteiger partial charge on any atom is 0.265 e. The van der Waals surface area contributed by atoms with Crippen LogP contribution in [0.3, 0.4) is 0 Å². The van der Waals surface area contributed by atoms with Crippen molar-refractivity contribution in [2.24, 2.45) is 0 Å². The van der Waals surface area contributed by atoms with E-state index in [1.807, 2.05) is 13.0 Å². The highest BCUT2D eigenvalue weighted by Gasteiger charge is 2.18. The number of sulfonamides is 1. The number of ether oxygens (including phenoxy) is 1. The number of hydrogen-bond donors (Lipinski definition) is 2. The Morgan fingerprint density at radius 3 is 2.39 bits per heavy atom. The molecule has 9 heteroatoms. The summed E-state index contributed by atoms with van der Waals surface area (Å²) in [4.78, 5) is 13.8. The van der Waals surface area contributed by atoms with Crippen molar-refractivity contribution in [1.82, 2.24) is 0 Å². The van der Waals surface area contributed by atoms with Crippen LogP contribution in [-0.4, -0.2) is 21.4 Å². The van der Waals surface area contributed by atoms with Crippen molar-refractivity contribution in [1.29, 1.82) is 0 Å². The van der Waals surface area contributed by atoms with Crippen LogP contribution >= 0.6 is 11.3 Å². The van der Waals surface area contributed by atoms with Gasteiger partial charge in [-0.2, -0.15) is 0 Å². The van der Waals surface area contributed by atoms with E-state index in [0.717, 1.165) is 29.1 Å². The van der Waals surface area contributed by atoms with Crippen LogP contribution < -0.4 is 14.8 Å². The average Bonchev–Trinajstić information content (AvgIpc) is 3.08. The van der Waals surface area contributed by atoms with Gasteiger partial charge in [-0.1, -0.05) is 0 Å². The van der Waals surface area contributed by atoms with Crippen LogP contribution in [0.25, 0.3) is 0 Å². The first-order valence-electron chi connectivity index (χ1n) is 8.13. The third kappa shape index (κ3) is 4.49. The van der Waals surface area contributed by atoms with E-state index in [-0.39, 0.29) is 22.2 Å². The Morgan fingerprint density at radius 1 is 1.07 bits per heavy atom. The van der Waals surface area contributed by atoms with Crippen molar-refractivity contribution in [3.05, 3.63) is 70.2 Å². The molecule has 0 saturated heterocycles. The lowest BCUT2D eigenvalue weighted by molar-refractivity contribution is 0.103. The first-order valence-corrected chi connectivity index (χ1v) is 10.4. The van der Waals surface area contributed by atoms with Crippen LogP contribution in [0.1, 0.15) is 14.5 Å². The van der Waals surface area contributed by atoms with E-state index >= 15 is 0 Å². The molecule has 0 unspecified atom stereocenters. The van der Waals surface area contributed by atoms with Gasteiger partial charge in [0.1, 0.15) is 11.6 Å². The number of hydrogen-bond acceptors (Lipinski definition) is 5. The van der Waals surface area contributed by atoms with Crippen molar-refractivity contribution in [2.45, 2.75) is 11.8 Å². The molecule has 28 heavy (non-hydrogen) atoms. The molecule has 2 aromatic carbocycles. The van der Waals surface area contributed by atoms with E-state index in [9.17, 15) is 17.6 Å². The van der Waals surface area contributed by atoms with Crippen molar-refractivity contribution >= 4 is 38.6 Å². The van der Waals surface area contributed by atoms with Gasteiger partial charge in [-0.05, 0) is 61.5 Å². The van der Waals surface area contributed by atoms with Crippen LogP contribution in [0, 0.1) is 12.7 Å². The van der Waals surface area contributed by atoms with Crippen molar-refractivity contribution in [3.63, 3.8) is 0 Å². The number of rotatable bonds is 6. The molecule has 3 aromatic rings. The summed E-state index contributed by atoms with van der Waals surface area (Å²) < 4.78 is 45.8. The monoisotopic (exact) mass is 420 g/mol. The number of carbonyl (C=O) groups excluding carboxylic acids is 1. The molecule has 0 spiro atoms. The molecule has 0 atom stereocenters. The number of anilines is 2. The van der Waals surface area contributed by atoms with Crippen molar-refractivity contribution in [3.8, 4) is 5.75 Å². The third-order valence-corrected chi connectivity index (χ3v) is 6.17. The van der Waals surface area contributed by atoms with E-state index in [2.05, 4.69) is 10.0 Å². The molecule has 0 aliphatic carbocycles. The Balaban J connectivity index is 1.86. The number of amides is 1. The maximum atomic E-state index is 13.1. The van der Waals surface area contributed by atoms with Gasteiger partial charge in [-0.15, -0.1) is 11.3 Å². The summed E-state index contributed by atoms with van der Waals surface area (Å²) in [5, 5.41) is 2.73. The summed E-state index contributed by atoms with van der Waals surface area (Å²) in [6.07, 6.45) is 0. The Bertz CT molecular complexity index is 1110. The molecular weight excluding hydrogens is 403 g/mol. The van der Waals surface area contributed by atoms with Gasteiger partial charge in [-0.25, -0.2) is 12.8 Å². The van der Waals surface area contributed by atoms with Gasteiger partial charge >= 0.3 is 0 Å². The first-order chi connectivity index (χ1) is 13.3. The number of nitrogens with one attached hydrogen (secondary N) is 2. The normalized spacial score (nSPS) is 11.1. The van der Waals surface area contributed by atoms with E-state index < -0.39 is 15.8 Å². The summed E-state index contributed by atoms with van der Waals surface area (Å²) >= 11 is 1.36. The molecule has 1 aromatic heterocycles. The highest BCUT2D eigenvalue weighted by Crippen LogP contribution is 2.30. The summed E-state index contributed by atoms with van der Waals surface area (Å²) in [6.45, 7) is 1.90. The van der Waals surface area contributed by atoms with Crippen LogP contribution in [0.5, 0.6) is 5.75 Å². The molecule has 146 valence electrons. The lowest BCUT2D eigenvalue weighted by atomic mass is 10.2. The zero-order valence-electron chi connectivity index (χ0n) is 15.0. The molecule has 0 radical (unpaired) electrons. The van der Waals surface area contributed by atoms with Gasteiger partial charge in [0.25, 0.3) is 15.9 Å². The maximum absolute atomic E-state index is 13.1. The molecule has 2 N–H and O–H groups in total. The van der Waals surface area contributed by atoms with Crippen LogP contribution in [0.4, 0.5) is 15.8 Å². The number of benzene rings is 2. The van der Waals surface area contributed by atoms with Crippen molar-refractivity contribution in [2.75, 3.05) is 17.1 Å².